The van der Waals surface area contributed by atoms with Crippen molar-refractivity contribution < 1.29 is 5.11 Å². The fourth-order valence-electron chi connectivity index (χ4n) is 4.20. The Bertz CT molecular complexity index is 1120. The lowest BCUT2D eigenvalue weighted by molar-refractivity contribution is -0.0738. The summed E-state index contributed by atoms with van der Waals surface area (Å²) in [5.41, 5.74) is 12.4. The quantitative estimate of drug-likeness (QED) is 0.471. The number of aliphatic hydroxyl groups is 1. The van der Waals surface area contributed by atoms with Crippen LogP contribution in [0.5, 0.6) is 0 Å². The Morgan fingerprint density at radius 1 is 1.00 bits per heavy atom. The van der Waals surface area contributed by atoms with Crippen LogP contribution >= 0.6 is 22.7 Å². The van der Waals surface area contributed by atoms with Gasteiger partial charge in [0.25, 0.3) is 0 Å². The third-order valence-electron chi connectivity index (χ3n) is 5.44. The first-order valence-corrected chi connectivity index (χ1v) is 11.3. The minimum atomic E-state index is -0.661. The van der Waals surface area contributed by atoms with Crippen molar-refractivity contribution in [2.75, 3.05) is 0 Å². The first kappa shape index (κ1) is 18.6. The largest absolute Gasteiger partial charge is 0.390 e. The Balaban J connectivity index is 1.55. The molecular weight excluding hydrogens is 398 g/mol. The maximum absolute atomic E-state index is 10.1. The fourth-order valence-corrected chi connectivity index (χ4v) is 5.87. The monoisotopic (exact) mass is 419 g/mol. The van der Waals surface area contributed by atoms with Crippen molar-refractivity contribution in [1.29, 1.82) is 0 Å². The molecule has 1 saturated carbocycles. The summed E-state index contributed by atoms with van der Waals surface area (Å²) in [6, 6.07) is 18.7. The first-order chi connectivity index (χ1) is 13.9. The van der Waals surface area contributed by atoms with Crippen molar-refractivity contribution in [3.8, 4) is 32.4 Å². The van der Waals surface area contributed by atoms with Gasteiger partial charge in [0.2, 0.25) is 0 Å². The van der Waals surface area contributed by atoms with Crippen LogP contribution in [0.3, 0.4) is 0 Å². The molecule has 29 heavy (non-hydrogen) atoms. The van der Waals surface area contributed by atoms with E-state index in [1.165, 1.54) is 0 Å². The highest BCUT2D eigenvalue weighted by molar-refractivity contribution is 7.19. The van der Waals surface area contributed by atoms with Crippen molar-refractivity contribution in [3.63, 3.8) is 0 Å². The minimum Gasteiger partial charge on any atom is -0.390 e. The lowest BCUT2D eigenvalue weighted by Gasteiger charge is -2.49. The standard InChI is InChI=1S/C23H21N3OS2/c1-22(27)12-23(24,13-22)17-9-7-15(8-10-17)19-20(16-5-3-2-4-6-16)29-21(26-19)18-11-28-14-25-18/h2-11,14,27H,12-13,24H2,1H3. The summed E-state index contributed by atoms with van der Waals surface area (Å²) in [6.07, 6.45) is 1.17. The molecule has 6 heteroatoms. The molecule has 0 saturated heterocycles. The summed E-state index contributed by atoms with van der Waals surface area (Å²) in [5, 5.41) is 13.1. The zero-order valence-electron chi connectivity index (χ0n) is 16.0. The number of rotatable bonds is 4. The predicted molar refractivity (Wildman–Crippen MR) is 120 cm³/mol. The Labute approximate surface area is 177 Å². The van der Waals surface area contributed by atoms with Gasteiger partial charge in [0, 0.05) is 16.5 Å². The normalized spacial score (nSPS) is 23.7. The highest BCUT2D eigenvalue weighted by atomic mass is 32.1. The lowest BCUT2D eigenvalue weighted by Crippen LogP contribution is -2.58. The lowest BCUT2D eigenvalue weighted by atomic mass is 9.63. The van der Waals surface area contributed by atoms with Gasteiger partial charge in [-0.1, -0.05) is 54.6 Å². The van der Waals surface area contributed by atoms with E-state index < -0.39 is 11.1 Å². The topological polar surface area (TPSA) is 72.0 Å². The molecule has 5 rings (SSSR count). The Hall–Kier alpha value is -2.38. The van der Waals surface area contributed by atoms with E-state index in [0.29, 0.717) is 12.8 Å². The molecule has 1 fully saturated rings. The van der Waals surface area contributed by atoms with E-state index in [2.05, 4.69) is 41.4 Å². The first-order valence-electron chi connectivity index (χ1n) is 9.51. The second-order valence-electron chi connectivity index (χ2n) is 8.02. The Kier molecular flexibility index (Phi) is 4.40. The van der Waals surface area contributed by atoms with Crippen LogP contribution in [0.4, 0.5) is 0 Å². The molecule has 2 heterocycles. The van der Waals surface area contributed by atoms with Crippen molar-refractivity contribution in [1.82, 2.24) is 9.97 Å². The molecule has 1 aliphatic rings. The summed E-state index contributed by atoms with van der Waals surface area (Å²) in [4.78, 5) is 10.5. The number of hydrogen-bond donors (Lipinski definition) is 2. The van der Waals surface area contributed by atoms with Crippen LogP contribution in [0, 0.1) is 0 Å². The van der Waals surface area contributed by atoms with Crippen LogP contribution in [0.25, 0.3) is 32.4 Å². The molecule has 0 unspecified atom stereocenters. The van der Waals surface area contributed by atoms with Crippen LogP contribution < -0.4 is 5.73 Å². The predicted octanol–water partition coefficient (Wildman–Crippen LogP) is 5.30. The number of hydrogen-bond acceptors (Lipinski definition) is 6. The summed E-state index contributed by atoms with van der Waals surface area (Å²) < 4.78 is 0. The third-order valence-corrected chi connectivity index (χ3v) is 7.15. The van der Waals surface area contributed by atoms with Gasteiger partial charge in [-0.2, -0.15) is 0 Å². The second kappa shape index (κ2) is 6.85. The molecule has 0 radical (unpaired) electrons. The van der Waals surface area contributed by atoms with Crippen molar-refractivity contribution in [2.45, 2.75) is 30.9 Å². The van der Waals surface area contributed by atoms with Crippen LogP contribution in [0.2, 0.25) is 0 Å². The molecule has 0 amide bonds. The van der Waals surface area contributed by atoms with Gasteiger partial charge < -0.3 is 10.8 Å². The average Bonchev–Trinajstić information content (AvgIpc) is 3.37. The van der Waals surface area contributed by atoms with E-state index in [-0.39, 0.29) is 0 Å². The number of benzene rings is 2. The number of nitrogens with two attached hydrogens (primary N) is 1. The summed E-state index contributed by atoms with van der Waals surface area (Å²) in [5.74, 6) is 0. The van der Waals surface area contributed by atoms with E-state index in [0.717, 1.165) is 38.0 Å². The number of aromatic nitrogens is 2. The van der Waals surface area contributed by atoms with Gasteiger partial charge >= 0.3 is 0 Å². The Morgan fingerprint density at radius 3 is 2.34 bits per heavy atom. The molecule has 2 aromatic heterocycles. The van der Waals surface area contributed by atoms with E-state index >= 15 is 0 Å². The summed E-state index contributed by atoms with van der Waals surface area (Å²) >= 11 is 3.24. The molecular formula is C23H21N3OS2. The van der Waals surface area contributed by atoms with E-state index in [1.54, 1.807) is 22.7 Å². The minimum absolute atomic E-state index is 0.446. The van der Waals surface area contributed by atoms with Crippen molar-refractivity contribution >= 4 is 22.7 Å². The average molecular weight is 420 g/mol. The number of nitrogens with zero attached hydrogens (tertiary/aromatic N) is 2. The zero-order valence-corrected chi connectivity index (χ0v) is 17.6. The van der Waals surface area contributed by atoms with Crippen molar-refractivity contribution in [2.24, 2.45) is 5.73 Å². The van der Waals surface area contributed by atoms with Crippen LogP contribution in [0.15, 0.2) is 65.5 Å². The van der Waals surface area contributed by atoms with E-state index in [1.807, 2.05) is 36.0 Å². The van der Waals surface area contributed by atoms with Gasteiger partial charge in [-0.3, -0.25) is 0 Å². The molecule has 0 bridgehead atoms. The van der Waals surface area contributed by atoms with Crippen LogP contribution in [-0.4, -0.2) is 20.7 Å². The zero-order chi connectivity index (χ0) is 20.1. The van der Waals surface area contributed by atoms with Gasteiger partial charge in [-0.25, -0.2) is 9.97 Å². The van der Waals surface area contributed by atoms with Crippen molar-refractivity contribution in [3.05, 3.63) is 71.1 Å². The third kappa shape index (κ3) is 3.42. The van der Waals surface area contributed by atoms with Crippen LogP contribution in [-0.2, 0) is 5.54 Å². The highest BCUT2D eigenvalue weighted by Gasteiger charge is 2.49. The molecule has 4 nitrogen and oxygen atoms in total. The molecule has 3 N–H and O–H groups in total. The molecule has 146 valence electrons. The SMILES string of the molecule is CC1(O)CC(N)(c2ccc(-c3nc(-c4cscn4)sc3-c3ccccc3)cc2)C1. The maximum atomic E-state index is 10.1. The highest BCUT2D eigenvalue weighted by Crippen LogP contribution is 2.47. The summed E-state index contributed by atoms with van der Waals surface area (Å²) in [6.45, 7) is 1.84. The van der Waals surface area contributed by atoms with Gasteiger partial charge in [-0.05, 0) is 30.9 Å². The van der Waals surface area contributed by atoms with E-state index in [9.17, 15) is 5.11 Å². The molecule has 1 aliphatic carbocycles. The number of thiazole rings is 2. The smallest absolute Gasteiger partial charge is 0.144 e. The maximum Gasteiger partial charge on any atom is 0.144 e. The van der Waals surface area contributed by atoms with E-state index in [4.69, 9.17) is 10.7 Å². The van der Waals surface area contributed by atoms with Gasteiger partial charge in [-0.15, -0.1) is 22.7 Å². The molecule has 0 atom stereocenters. The van der Waals surface area contributed by atoms with Gasteiger partial charge in [0.1, 0.15) is 10.7 Å². The van der Waals surface area contributed by atoms with Crippen LogP contribution in [0.1, 0.15) is 25.3 Å². The fraction of sp³-hybridized carbons (Fsp3) is 0.217. The molecule has 0 spiro atoms. The van der Waals surface area contributed by atoms with Gasteiger partial charge in [0.15, 0.2) is 0 Å². The molecule has 0 aliphatic heterocycles. The summed E-state index contributed by atoms with van der Waals surface area (Å²) in [7, 11) is 0. The molecule has 2 aromatic carbocycles. The second-order valence-corrected chi connectivity index (χ2v) is 9.74. The van der Waals surface area contributed by atoms with Gasteiger partial charge in [0.05, 0.1) is 21.7 Å². The Morgan fingerprint density at radius 2 is 1.72 bits per heavy atom. The molecule has 4 aromatic rings.